The normalized spacial score (nSPS) is 10.6. The van der Waals surface area contributed by atoms with E-state index in [-0.39, 0.29) is 0 Å². The first-order chi connectivity index (χ1) is 8.76. The maximum absolute atomic E-state index is 4.99. The Morgan fingerprint density at radius 2 is 2.06 bits per heavy atom. The number of nitrogens with one attached hydrogen (secondary N) is 1. The zero-order valence-corrected chi connectivity index (χ0v) is 12.2. The number of methoxy groups -OCH3 is 1. The maximum Gasteiger partial charge on any atom is 0.0587 e. The molecule has 1 N–H and O–H groups in total. The fourth-order valence-corrected chi connectivity index (χ4v) is 2.30. The van der Waals surface area contributed by atoms with Crippen LogP contribution in [0.3, 0.4) is 0 Å². The molecular formula is C15H23NOS. The number of hydrogen-bond donors (Lipinski definition) is 1. The second kappa shape index (κ2) is 9.20. The van der Waals surface area contributed by atoms with Crippen molar-refractivity contribution in [1.29, 1.82) is 0 Å². The van der Waals surface area contributed by atoms with Gasteiger partial charge in [-0.2, -0.15) is 0 Å². The van der Waals surface area contributed by atoms with Crippen LogP contribution in [0.25, 0.3) is 0 Å². The van der Waals surface area contributed by atoms with Crippen LogP contribution in [0.2, 0.25) is 0 Å². The lowest BCUT2D eigenvalue weighted by Gasteiger charge is -2.06. The predicted octanol–water partition coefficient (Wildman–Crippen LogP) is 3.48. The van der Waals surface area contributed by atoms with Crippen LogP contribution in [0.1, 0.15) is 18.9 Å². The minimum absolute atomic E-state index is 0.757. The molecule has 1 aromatic carbocycles. The highest BCUT2D eigenvalue weighted by atomic mass is 32.2. The highest BCUT2D eigenvalue weighted by molar-refractivity contribution is 7.99. The molecule has 0 unspecified atom stereocenters. The summed E-state index contributed by atoms with van der Waals surface area (Å²) in [7, 11) is 1.72. The van der Waals surface area contributed by atoms with E-state index in [1.54, 1.807) is 7.11 Å². The highest BCUT2D eigenvalue weighted by Gasteiger charge is 1.97. The second-order valence-corrected chi connectivity index (χ2v) is 5.25. The lowest BCUT2D eigenvalue weighted by Crippen LogP contribution is -2.18. The van der Waals surface area contributed by atoms with E-state index in [1.807, 2.05) is 11.8 Å². The summed E-state index contributed by atoms with van der Waals surface area (Å²) in [5, 5.41) is 3.34. The topological polar surface area (TPSA) is 21.3 Å². The largest absolute Gasteiger partial charge is 0.383 e. The molecule has 3 heteroatoms. The van der Waals surface area contributed by atoms with E-state index in [0.717, 1.165) is 31.9 Å². The van der Waals surface area contributed by atoms with Crippen molar-refractivity contribution in [3.8, 4) is 0 Å². The molecule has 0 aromatic heterocycles. The molecule has 100 valence electrons. The monoisotopic (exact) mass is 265 g/mol. The Labute approximate surface area is 115 Å². The number of hydrogen-bond acceptors (Lipinski definition) is 3. The van der Waals surface area contributed by atoms with Crippen molar-refractivity contribution in [1.82, 2.24) is 5.32 Å². The summed E-state index contributed by atoms with van der Waals surface area (Å²) in [4.78, 5) is 1.31. The maximum atomic E-state index is 4.99. The van der Waals surface area contributed by atoms with Gasteiger partial charge >= 0.3 is 0 Å². The zero-order chi connectivity index (χ0) is 13.2. The number of ether oxygens (including phenoxy) is 1. The lowest BCUT2D eigenvalue weighted by atomic mass is 10.2. The third-order valence-electron chi connectivity index (χ3n) is 2.68. The predicted molar refractivity (Wildman–Crippen MR) is 80.2 cm³/mol. The molecule has 0 atom stereocenters. The first kappa shape index (κ1) is 15.3. The summed E-state index contributed by atoms with van der Waals surface area (Å²) in [6.07, 6.45) is 1.06. The van der Waals surface area contributed by atoms with Crippen molar-refractivity contribution in [2.24, 2.45) is 0 Å². The molecular weight excluding hydrogens is 242 g/mol. The summed E-state index contributed by atoms with van der Waals surface area (Å²) < 4.78 is 4.99. The highest BCUT2D eigenvalue weighted by Crippen LogP contribution is 2.21. The van der Waals surface area contributed by atoms with Gasteiger partial charge in [-0.25, -0.2) is 0 Å². The molecule has 1 aromatic rings. The number of rotatable bonds is 9. The Bertz CT molecular complexity index is 348. The zero-order valence-electron chi connectivity index (χ0n) is 11.4. The fourth-order valence-electron chi connectivity index (χ4n) is 1.40. The molecule has 0 heterocycles. The smallest absolute Gasteiger partial charge is 0.0587 e. The Hall–Kier alpha value is -0.770. The van der Waals surface area contributed by atoms with Crippen LogP contribution in [-0.4, -0.2) is 26.0 Å². The van der Waals surface area contributed by atoms with Gasteiger partial charge in [0.25, 0.3) is 0 Å². The van der Waals surface area contributed by atoms with Crippen LogP contribution < -0.4 is 5.32 Å². The van der Waals surface area contributed by atoms with Gasteiger partial charge in [-0.1, -0.05) is 31.2 Å². The van der Waals surface area contributed by atoms with Gasteiger partial charge in [0, 0.05) is 30.8 Å². The fraction of sp³-hybridized carbons (Fsp3) is 0.467. The molecule has 18 heavy (non-hydrogen) atoms. The second-order valence-electron chi connectivity index (χ2n) is 4.21. The first-order valence-corrected chi connectivity index (χ1v) is 7.33. The average molecular weight is 265 g/mol. The molecule has 0 bridgehead atoms. The van der Waals surface area contributed by atoms with Crippen LogP contribution in [0.15, 0.2) is 41.3 Å². The van der Waals surface area contributed by atoms with Gasteiger partial charge in [-0.3, -0.25) is 0 Å². The molecule has 0 radical (unpaired) electrons. The Morgan fingerprint density at radius 1 is 1.33 bits per heavy atom. The summed E-state index contributed by atoms with van der Waals surface area (Å²) in [5.74, 6) is 1.02. The van der Waals surface area contributed by atoms with Crippen molar-refractivity contribution in [2.75, 3.05) is 26.0 Å². The van der Waals surface area contributed by atoms with E-state index in [2.05, 4.69) is 43.1 Å². The lowest BCUT2D eigenvalue weighted by molar-refractivity contribution is 0.199. The van der Waals surface area contributed by atoms with Crippen molar-refractivity contribution >= 4 is 11.8 Å². The molecule has 0 aliphatic heterocycles. The van der Waals surface area contributed by atoms with Crippen molar-refractivity contribution in [3.05, 3.63) is 42.0 Å². The third kappa shape index (κ3) is 6.24. The Kier molecular flexibility index (Phi) is 7.81. The van der Waals surface area contributed by atoms with Gasteiger partial charge in [-0.15, -0.1) is 11.8 Å². The number of thioether (sulfide) groups is 1. The van der Waals surface area contributed by atoms with Gasteiger partial charge in [0.05, 0.1) is 6.61 Å². The molecule has 1 rings (SSSR count). The quantitative estimate of drug-likeness (QED) is 0.419. The molecule has 0 aliphatic carbocycles. The van der Waals surface area contributed by atoms with Gasteiger partial charge in [0.2, 0.25) is 0 Å². The minimum atomic E-state index is 0.757. The third-order valence-corrected chi connectivity index (χ3v) is 3.84. The molecule has 0 saturated heterocycles. The van der Waals surface area contributed by atoms with Crippen molar-refractivity contribution < 1.29 is 4.74 Å². The molecule has 0 amide bonds. The van der Waals surface area contributed by atoms with Gasteiger partial charge in [0.1, 0.15) is 0 Å². The van der Waals surface area contributed by atoms with E-state index in [9.17, 15) is 0 Å². The Balaban J connectivity index is 2.31. The van der Waals surface area contributed by atoms with Crippen LogP contribution in [0.5, 0.6) is 0 Å². The molecule has 0 fully saturated rings. The standard InChI is InChI=1S/C15H23NOS/c1-4-13(2)12-18-15-7-5-14(6-8-15)11-16-9-10-17-3/h5-8,16H,2,4,9-12H2,1,3H3. The molecule has 0 saturated carbocycles. The van der Waals surface area contributed by atoms with E-state index >= 15 is 0 Å². The minimum Gasteiger partial charge on any atom is -0.383 e. The van der Waals surface area contributed by atoms with E-state index in [1.165, 1.54) is 16.0 Å². The van der Waals surface area contributed by atoms with E-state index < -0.39 is 0 Å². The van der Waals surface area contributed by atoms with Crippen LogP contribution in [-0.2, 0) is 11.3 Å². The van der Waals surface area contributed by atoms with Crippen LogP contribution in [0.4, 0.5) is 0 Å². The van der Waals surface area contributed by atoms with Gasteiger partial charge in [-0.05, 0) is 24.1 Å². The average Bonchev–Trinajstić information content (AvgIpc) is 2.42. The summed E-state index contributed by atoms with van der Waals surface area (Å²) in [6.45, 7) is 8.72. The first-order valence-electron chi connectivity index (χ1n) is 6.34. The van der Waals surface area contributed by atoms with Gasteiger partial charge < -0.3 is 10.1 Å². The number of benzene rings is 1. The molecule has 0 spiro atoms. The van der Waals surface area contributed by atoms with Crippen LogP contribution in [0, 0.1) is 0 Å². The summed E-state index contributed by atoms with van der Waals surface area (Å²) in [5.41, 5.74) is 2.61. The van der Waals surface area contributed by atoms with E-state index in [0.29, 0.717) is 0 Å². The van der Waals surface area contributed by atoms with Gasteiger partial charge in [0.15, 0.2) is 0 Å². The molecule has 2 nitrogen and oxygen atoms in total. The Morgan fingerprint density at radius 3 is 2.67 bits per heavy atom. The molecule has 0 aliphatic rings. The SMILES string of the molecule is C=C(CC)CSc1ccc(CNCCOC)cc1. The summed E-state index contributed by atoms with van der Waals surface area (Å²) >= 11 is 1.85. The van der Waals surface area contributed by atoms with Crippen molar-refractivity contribution in [2.45, 2.75) is 24.8 Å². The van der Waals surface area contributed by atoms with E-state index in [4.69, 9.17) is 4.74 Å². The summed E-state index contributed by atoms with van der Waals surface area (Å²) in [6, 6.07) is 8.72. The van der Waals surface area contributed by atoms with Crippen LogP contribution >= 0.6 is 11.8 Å². The van der Waals surface area contributed by atoms with Crippen molar-refractivity contribution in [3.63, 3.8) is 0 Å².